The van der Waals surface area contributed by atoms with Gasteiger partial charge in [0, 0.05) is 4.88 Å². The van der Waals surface area contributed by atoms with Crippen LogP contribution in [0.25, 0.3) is 10.2 Å². The third-order valence-corrected chi connectivity index (χ3v) is 3.61. The second-order valence-corrected chi connectivity index (χ2v) is 4.63. The van der Waals surface area contributed by atoms with Crippen LogP contribution in [0, 0.1) is 0 Å². The average molecular weight is 268 g/mol. The molecule has 0 aliphatic rings. The maximum atomic E-state index is 11.8. The van der Waals surface area contributed by atoms with Crippen LogP contribution in [0.2, 0.25) is 0 Å². The lowest BCUT2D eigenvalue weighted by atomic mass is 10.3. The summed E-state index contributed by atoms with van der Waals surface area (Å²) in [7, 11) is 0. The number of thiophene rings is 1. The molecule has 2 aromatic heterocycles. The van der Waals surface area contributed by atoms with E-state index < -0.39 is 11.5 Å². The maximum absolute atomic E-state index is 11.8. The third kappa shape index (κ3) is 1.97. The Kier molecular flexibility index (Phi) is 3.33. The summed E-state index contributed by atoms with van der Waals surface area (Å²) in [6.45, 7) is 3.74. The zero-order valence-electron chi connectivity index (χ0n) is 9.94. The molecule has 0 spiro atoms. The summed E-state index contributed by atoms with van der Waals surface area (Å²) in [5.41, 5.74) is -0.531. The Balaban J connectivity index is 2.63. The molecule has 2 rings (SSSR count). The molecule has 0 unspecified atom stereocenters. The van der Waals surface area contributed by atoms with E-state index in [-0.39, 0.29) is 23.6 Å². The zero-order valence-corrected chi connectivity index (χ0v) is 10.8. The molecular weight excluding hydrogens is 256 g/mol. The molecule has 2 N–H and O–H groups in total. The quantitative estimate of drug-likeness (QED) is 0.821. The lowest BCUT2D eigenvalue weighted by Gasteiger charge is -2.00. The molecule has 0 atom stereocenters. The van der Waals surface area contributed by atoms with Gasteiger partial charge in [0.15, 0.2) is 0 Å². The van der Waals surface area contributed by atoms with Gasteiger partial charge in [-0.1, -0.05) is 6.92 Å². The zero-order chi connectivity index (χ0) is 13.3. The van der Waals surface area contributed by atoms with Crippen LogP contribution in [-0.2, 0) is 11.2 Å². The largest absolute Gasteiger partial charge is 0.506 e. The maximum Gasteiger partial charge on any atom is 0.374 e. The van der Waals surface area contributed by atoms with Gasteiger partial charge in [-0.15, -0.1) is 11.3 Å². The summed E-state index contributed by atoms with van der Waals surface area (Å²) < 4.78 is 4.77. The van der Waals surface area contributed by atoms with Gasteiger partial charge >= 0.3 is 5.97 Å². The minimum atomic E-state index is -0.678. The average Bonchev–Trinajstić information content (AvgIpc) is 2.66. The number of aryl methyl sites for hydroxylation is 1. The lowest BCUT2D eigenvalue weighted by molar-refractivity contribution is 0.0512. The highest BCUT2D eigenvalue weighted by Crippen LogP contribution is 2.33. The van der Waals surface area contributed by atoms with Gasteiger partial charge in [-0.3, -0.25) is 4.79 Å². The molecule has 18 heavy (non-hydrogen) atoms. The Hall–Kier alpha value is -1.89. The number of ether oxygens (including phenoxy) is 1. The Morgan fingerprint density at radius 2 is 2.22 bits per heavy atom. The van der Waals surface area contributed by atoms with E-state index in [2.05, 4.69) is 9.97 Å². The molecule has 2 heterocycles. The number of carbonyl (C=O) groups excluding carboxylic acids is 1. The van der Waals surface area contributed by atoms with E-state index in [9.17, 15) is 14.7 Å². The molecular formula is C11H12N2O4S. The topological polar surface area (TPSA) is 92.3 Å². The van der Waals surface area contributed by atoms with E-state index in [4.69, 9.17) is 4.74 Å². The van der Waals surface area contributed by atoms with Crippen molar-refractivity contribution in [1.82, 2.24) is 9.97 Å². The first-order valence-corrected chi connectivity index (χ1v) is 6.31. The van der Waals surface area contributed by atoms with Crippen molar-refractivity contribution in [2.24, 2.45) is 0 Å². The highest BCUT2D eigenvalue weighted by molar-refractivity contribution is 7.19. The molecule has 0 aliphatic heterocycles. The molecule has 0 saturated carbocycles. The number of nitrogens with zero attached hydrogens (tertiary/aromatic N) is 1. The molecule has 0 fully saturated rings. The van der Waals surface area contributed by atoms with E-state index in [1.165, 1.54) is 11.3 Å². The predicted octanol–water partition coefficient (Wildman–Crippen LogP) is 1.43. The van der Waals surface area contributed by atoms with E-state index in [1.807, 2.05) is 6.92 Å². The number of H-pyrrole nitrogens is 1. The summed E-state index contributed by atoms with van der Waals surface area (Å²) in [4.78, 5) is 30.6. The number of aromatic amines is 1. The van der Waals surface area contributed by atoms with Gasteiger partial charge < -0.3 is 14.8 Å². The summed E-state index contributed by atoms with van der Waals surface area (Å²) >= 11 is 1.20. The number of hydrogen-bond donors (Lipinski definition) is 2. The van der Waals surface area contributed by atoms with Crippen molar-refractivity contribution in [3.05, 3.63) is 21.1 Å². The molecule has 7 heteroatoms. The predicted molar refractivity (Wildman–Crippen MR) is 67.2 cm³/mol. The minimum absolute atomic E-state index is 0.0540. The van der Waals surface area contributed by atoms with E-state index in [0.717, 1.165) is 0 Å². The number of fused-ring (bicyclic) bond motifs is 1. The smallest absolute Gasteiger partial charge is 0.374 e. The summed E-state index contributed by atoms with van der Waals surface area (Å²) in [5, 5.41) is 9.97. The number of esters is 1. The van der Waals surface area contributed by atoms with E-state index in [1.54, 1.807) is 6.92 Å². The van der Waals surface area contributed by atoms with Crippen molar-refractivity contribution in [2.45, 2.75) is 20.3 Å². The Labute approximate surface area is 106 Å². The molecule has 6 nitrogen and oxygen atoms in total. The number of hydrogen-bond acceptors (Lipinski definition) is 6. The van der Waals surface area contributed by atoms with Gasteiger partial charge in [-0.05, 0) is 13.3 Å². The molecule has 96 valence electrons. The van der Waals surface area contributed by atoms with Crippen LogP contribution in [0.4, 0.5) is 0 Å². The molecule has 0 aliphatic carbocycles. The molecule has 0 radical (unpaired) electrons. The van der Waals surface area contributed by atoms with Gasteiger partial charge in [0.05, 0.1) is 6.61 Å². The lowest BCUT2D eigenvalue weighted by Crippen LogP contribution is -2.17. The van der Waals surface area contributed by atoms with Gasteiger partial charge in [0.2, 0.25) is 5.82 Å². The summed E-state index contributed by atoms with van der Waals surface area (Å²) in [6, 6.07) is 0. The highest BCUT2D eigenvalue weighted by Gasteiger charge is 2.18. The minimum Gasteiger partial charge on any atom is -0.506 e. The summed E-state index contributed by atoms with van der Waals surface area (Å²) in [5.74, 6) is -0.873. The van der Waals surface area contributed by atoms with Crippen molar-refractivity contribution in [2.75, 3.05) is 6.61 Å². The number of nitrogens with one attached hydrogen (secondary N) is 1. The first-order valence-electron chi connectivity index (χ1n) is 5.50. The number of rotatable bonds is 3. The molecule has 0 aromatic carbocycles. The van der Waals surface area contributed by atoms with Crippen LogP contribution < -0.4 is 5.56 Å². The number of carbonyl (C=O) groups is 1. The fourth-order valence-corrected chi connectivity index (χ4v) is 2.58. The van der Waals surface area contributed by atoms with Crippen LogP contribution >= 0.6 is 11.3 Å². The fraction of sp³-hybridized carbons (Fsp3) is 0.364. The Bertz CT molecular complexity index is 659. The van der Waals surface area contributed by atoms with Crippen molar-refractivity contribution in [3.63, 3.8) is 0 Å². The standard InChI is InChI=1S/C11H12N2O4S/c1-3-5-7(14)6-9(15)12-8(11(16)17-4-2)13-10(6)18-5/h14H,3-4H2,1-2H3,(H,12,13,15). The molecule has 2 aromatic rings. The van der Waals surface area contributed by atoms with E-state index >= 15 is 0 Å². The van der Waals surface area contributed by atoms with Gasteiger partial charge in [0.1, 0.15) is 16.0 Å². The van der Waals surface area contributed by atoms with Crippen molar-refractivity contribution >= 4 is 27.5 Å². The van der Waals surface area contributed by atoms with E-state index in [0.29, 0.717) is 16.1 Å². The fourth-order valence-electron chi connectivity index (χ4n) is 1.58. The van der Waals surface area contributed by atoms with Crippen LogP contribution in [0.5, 0.6) is 5.75 Å². The molecule has 0 saturated heterocycles. The molecule has 0 bridgehead atoms. The number of aromatic hydroxyl groups is 1. The SMILES string of the molecule is CCOC(=O)c1nc2sc(CC)c(O)c2c(=O)[nH]1. The van der Waals surface area contributed by atoms with Crippen LogP contribution in [0.1, 0.15) is 29.3 Å². The van der Waals surface area contributed by atoms with Gasteiger partial charge in [-0.2, -0.15) is 0 Å². The molecule has 0 amide bonds. The third-order valence-electron chi connectivity index (χ3n) is 2.40. The second kappa shape index (κ2) is 4.77. The van der Waals surface area contributed by atoms with Crippen LogP contribution in [-0.4, -0.2) is 27.7 Å². The first-order chi connectivity index (χ1) is 8.58. The van der Waals surface area contributed by atoms with Crippen molar-refractivity contribution in [1.29, 1.82) is 0 Å². The van der Waals surface area contributed by atoms with Crippen molar-refractivity contribution < 1.29 is 14.6 Å². The van der Waals surface area contributed by atoms with Gasteiger partial charge in [-0.25, -0.2) is 9.78 Å². The van der Waals surface area contributed by atoms with Crippen molar-refractivity contribution in [3.8, 4) is 5.75 Å². The highest BCUT2D eigenvalue weighted by atomic mass is 32.1. The number of aromatic nitrogens is 2. The summed E-state index contributed by atoms with van der Waals surface area (Å²) in [6.07, 6.45) is 0.598. The Morgan fingerprint density at radius 1 is 1.50 bits per heavy atom. The monoisotopic (exact) mass is 268 g/mol. The van der Waals surface area contributed by atoms with Gasteiger partial charge in [0.25, 0.3) is 5.56 Å². The van der Waals surface area contributed by atoms with Crippen LogP contribution in [0.15, 0.2) is 4.79 Å². The first kappa shape index (κ1) is 12.6. The Morgan fingerprint density at radius 3 is 2.83 bits per heavy atom. The second-order valence-electron chi connectivity index (χ2n) is 3.54. The van der Waals surface area contributed by atoms with Crippen LogP contribution in [0.3, 0.4) is 0 Å². The normalized spacial score (nSPS) is 10.8.